The Bertz CT molecular complexity index is 352. The van der Waals surface area contributed by atoms with Crippen molar-refractivity contribution in [3.63, 3.8) is 0 Å². The van der Waals surface area contributed by atoms with Gasteiger partial charge < -0.3 is 10.5 Å². The van der Waals surface area contributed by atoms with Gasteiger partial charge >= 0.3 is 5.97 Å². The second kappa shape index (κ2) is 3.85. The standard InChI is InChI=1S/C8H7Cl2NO2/c1-13-8(12)6-4(9)2-3-5(10)7(6)11/h2-3H,11H2,1H3. The number of carbonyl (C=O) groups excluding carboxylic acids is 1. The second-order valence-corrected chi connectivity index (χ2v) is 3.12. The monoisotopic (exact) mass is 219 g/mol. The number of carbonyl (C=O) groups is 1. The van der Waals surface area contributed by atoms with Gasteiger partial charge in [-0.15, -0.1) is 0 Å². The van der Waals surface area contributed by atoms with Crippen molar-refractivity contribution in [2.45, 2.75) is 0 Å². The van der Waals surface area contributed by atoms with Gasteiger partial charge in [0.1, 0.15) is 5.56 Å². The molecule has 0 aromatic heterocycles. The zero-order valence-corrected chi connectivity index (χ0v) is 8.32. The van der Waals surface area contributed by atoms with Crippen LogP contribution >= 0.6 is 23.2 Å². The molecule has 0 fully saturated rings. The largest absolute Gasteiger partial charge is 0.465 e. The van der Waals surface area contributed by atoms with E-state index < -0.39 is 5.97 Å². The van der Waals surface area contributed by atoms with Crippen molar-refractivity contribution < 1.29 is 9.53 Å². The lowest BCUT2D eigenvalue weighted by atomic mass is 10.2. The van der Waals surface area contributed by atoms with Crippen molar-refractivity contribution in [1.82, 2.24) is 0 Å². The number of anilines is 1. The van der Waals surface area contributed by atoms with Gasteiger partial charge in [-0.3, -0.25) is 0 Å². The Labute approximate surface area is 85.4 Å². The van der Waals surface area contributed by atoms with Crippen LogP contribution < -0.4 is 5.73 Å². The smallest absolute Gasteiger partial charge is 0.341 e. The highest BCUT2D eigenvalue weighted by Gasteiger charge is 2.16. The average Bonchev–Trinajstić information content (AvgIpc) is 2.12. The summed E-state index contributed by atoms with van der Waals surface area (Å²) in [5.41, 5.74) is 5.79. The lowest BCUT2D eigenvalue weighted by Crippen LogP contribution is -2.06. The highest BCUT2D eigenvalue weighted by Crippen LogP contribution is 2.29. The van der Waals surface area contributed by atoms with Gasteiger partial charge in [0.05, 0.1) is 22.8 Å². The number of rotatable bonds is 1. The van der Waals surface area contributed by atoms with E-state index in [1.165, 1.54) is 19.2 Å². The van der Waals surface area contributed by atoms with Crippen LogP contribution in [0, 0.1) is 0 Å². The van der Waals surface area contributed by atoms with Crippen molar-refractivity contribution in [3.05, 3.63) is 27.7 Å². The Morgan fingerprint density at radius 1 is 1.38 bits per heavy atom. The number of methoxy groups -OCH3 is 1. The van der Waals surface area contributed by atoms with Crippen LogP contribution in [0.5, 0.6) is 0 Å². The fourth-order valence-corrected chi connectivity index (χ4v) is 1.28. The van der Waals surface area contributed by atoms with E-state index in [2.05, 4.69) is 4.74 Å². The lowest BCUT2D eigenvalue weighted by molar-refractivity contribution is 0.0602. The van der Waals surface area contributed by atoms with Crippen LogP contribution in [0.4, 0.5) is 5.69 Å². The van der Waals surface area contributed by atoms with Crippen LogP contribution in [0.1, 0.15) is 10.4 Å². The predicted molar refractivity (Wildman–Crippen MR) is 52.2 cm³/mol. The number of hydrogen-bond donors (Lipinski definition) is 1. The Morgan fingerprint density at radius 3 is 2.46 bits per heavy atom. The molecule has 13 heavy (non-hydrogen) atoms. The molecular weight excluding hydrogens is 213 g/mol. The fourth-order valence-electron chi connectivity index (χ4n) is 0.877. The molecule has 0 heterocycles. The Kier molecular flexibility index (Phi) is 3.01. The maximum absolute atomic E-state index is 11.2. The molecule has 70 valence electrons. The van der Waals surface area contributed by atoms with E-state index in [9.17, 15) is 4.79 Å². The summed E-state index contributed by atoms with van der Waals surface area (Å²) in [4.78, 5) is 11.2. The summed E-state index contributed by atoms with van der Waals surface area (Å²) in [6.07, 6.45) is 0. The van der Waals surface area contributed by atoms with Gasteiger partial charge in [-0.1, -0.05) is 23.2 Å². The van der Waals surface area contributed by atoms with Gasteiger partial charge in [-0.25, -0.2) is 4.79 Å². The van der Waals surface area contributed by atoms with Crippen molar-refractivity contribution in [2.75, 3.05) is 12.8 Å². The third-order valence-electron chi connectivity index (χ3n) is 1.53. The van der Waals surface area contributed by atoms with Crippen LogP contribution in [0.2, 0.25) is 10.0 Å². The highest BCUT2D eigenvalue weighted by atomic mass is 35.5. The van der Waals surface area contributed by atoms with E-state index in [1.807, 2.05) is 0 Å². The molecule has 0 aliphatic carbocycles. The Morgan fingerprint density at radius 2 is 1.92 bits per heavy atom. The maximum atomic E-state index is 11.2. The van der Waals surface area contributed by atoms with Gasteiger partial charge in [0.15, 0.2) is 0 Å². The molecule has 0 saturated heterocycles. The third kappa shape index (κ3) is 1.87. The number of benzene rings is 1. The first-order chi connectivity index (χ1) is 6.07. The van der Waals surface area contributed by atoms with E-state index in [0.29, 0.717) is 0 Å². The number of halogens is 2. The van der Waals surface area contributed by atoms with Crippen LogP contribution in [0.25, 0.3) is 0 Å². The van der Waals surface area contributed by atoms with Gasteiger partial charge in [0, 0.05) is 0 Å². The molecule has 3 nitrogen and oxygen atoms in total. The molecular formula is C8H7Cl2NO2. The molecule has 0 aliphatic rings. The number of esters is 1. The topological polar surface area (TPSA) is 52.3 Å². The molecule has 1 rings (SSSR count). The molecule has 1 aromatic rings. The van der Waals surface area contributed by atoms with Gasteiger partial charge in [-0.2, -0.15) is 0 Å². The van der Waals surface area contributed by atoms with Gasteiger partial charge in [0.25, 0.3) is 0 Å². The van der Waals surface area contributed by atoms with Crippen LogP contribution in [0.15, 0.2) is 12.1 Å². The van der Waals surface area contributed by atoms with Crippen LogP contribution in [0.3, 0.4) is 0 Å². The highest BCUT2D eigenvalue weighted by molar-refractivity contribution is 6.38. The van der Waals surface area contributed by atoms with E-state index >= 15 is 0 Å². The minimum atomic E-state index is -0.593. The second-order valence-electron chi connectivity index (χ2n) is 2.31. The van der Waals surface area contributed by atoms with Gasteiger partial charge in [0.2, 0.25) is 0 Å². The molecule has 0 radical (unpaired) electrons. The van der Waals surface area contributed by atoms with E-state index in [4.69, 9.17) is 28.9 Å². The summed E-state index contributed by atoms with van der Waals surface area (Å²) in [6, 6.07) is 3.01. The third-order valence-corrected chi connectivity index (χ3v) is 2.18. The first-order valence-corrected chi connectivity index (χ1v) is 4.15. The molecule has 2 N–H and O–H groups in total. The summed E-state index contributed by atoms with van der Waals surface area (Å²) in [6.45, 7) is 0. The minimum Gasteiger partial charge on any atom is -0.465 e. The predicted octanol–water partition coefficient (Wildman–Crippen LogP) is 2.36. The Balaban J connectivity index is 3.33. The zero-order valence-electron chi connectivity index (χ0n) is 6.80. The summed E-state index contributed by atoms with van der Waals surface area (Å²) in [5, 5.41) is 0.513. The first kappa shape index (κ1) is 10.2. The first-order valence-electron chi connectivity index (χ1n) is 3.39. The summed E-state index contributed by atoms with van der Waals surface area (Å²) in [7, 11) is 1.25. The molecule has 0 bridgehead atoms. The van der Waals surface area contributed by atoms with E-state index in [-0.39, 0.29) is 21.3 Å². The summed E-state index contributed by atoms with van der Waals surface area (Å²) in [5.74, 6) is -0.593. The zero-order chi connectivity index (χ0) is 10.0. The maximum Gasteiger partial charge on any atom is 0.341 e. The number of nitrogen functional groups attached to an aromatic ring is 1. The SMILES string of the molecule is COC(=O)c1c(Cl)ccc(Cl)c1N. The van der Waals surface area contributed by atoms with Gasteiger partial charge in [-0.05, 0) is 12.1 Å². The molecule has 0 saturated carbocycles. The number of nitrogens with two attached hydrogens (primary N) is 1. The number of hydrogen-bond acceptors (Lipinski definition) is 3. The molecule has 0 atom stereocenters. The molecule has 0 spiro atoms. The van der Waals surface area contributed by atoms with Crippen molar-refractivity contribution in [2.24, 2.45) is 0 Å². The molecule has 1 aromatic carbocycles. The lowest BCUT2D eigenvalue weighted by Gasteiger charge is -2.06. The van der Waals surface area contributed by atoms with E-state index in [1.54, 1.807) is 0 Å². The molecule has 0 unspecified atom stereocenters. The molecule has 0 amide bonds. The number of ether oxygens (including phenoxy) is 1. The molecule has 5 heteroatoms. The fraction of sp³-hybridized carbons (Fsp3) is 0.125. The summed E-state index contributed by atoms with van der Waals surface area (Å²) >= 11 is 11.4. The van der Waals surface area contributed by atoms with Crippen molar-refractivity contribution >= 4 is 34.9 Å². The molecule has 0 aliphatic heterocycles. The Hall–Kier alpha value is -0.930. The quantitative estimate of drug-likeness (QED) is 0.583. The summed E-state index contributed by atoms with van der Waals surface area (Å²) < 4.78 is 4.49. The van der Waals surface area contributed by atoms with Crippen LogP contribution in [-0.4, -0.2) is 13.1 Å². The van der Waals surface area contributed by atoms with Crippen LogP contribution in [-0.2, 0) is 4.74 Å². The van der Waals surface area contributed by atoms with Crippen molar-refractivity contribution in [1.29, 1.82) is 0 Å². The van der Waals surface area contributed by atoms with E-state index in [0.717, 1.165) is 0 Å². The minimum absolute atomic E-state index is 0.108. The normalized spacial score (nSPS) is 9.77. The van der Waals surface area contributed by atoms with Crippen molar-refractivity contribution in [3.8, 4) is 0 Å². The average molecular weight is 220 g/mol.